The number of aromatic nitrogens is 6. The number of rotatable bonds is 6. The molecule has 1 atom stereocenters. The highest BCUT2D eigenvalue weighted by molar-refractivity contribution is 5.45. The van der Waals surface area contributed by atoms with Gasteiger partial charge in [-0.3, -0.25) is 9.55 Å². The minimum atomic E-state index is -0.0453. The lowest BCUT2D eigenvalue weighted by Gasteiger charge is -2.20. The number of fused-ring (bicyclic) bond motifs is 1. The third kappa shape index (κ3) is 4.37. The lowest BCUT2D eigenvalue weighted by molar-refractivity contribution is 0.552. The molecule has 0 amide bonds. The number of hydrogen-bond acceptors (Lipinski definition) is 7. The second kappa shape index (κ2) is 9.10. The summed E-state index contributed by atoms with van der Waals surface area (Å²) in [5.74, 6) is 2.58. The smallest absolute Gasteiger partial charge is 0.346 e. The molecule has 1 saturated heterocycles. The van der Waals surface area contributed by atoms with Crippen LogP contribution >= 0.6 is 0 Å². The minimum absolute atomic E-state index is 0.0453. The summed E-state index contributed by atoms with van der Waals surface area (Å²) >= 11 is 0. The lowest BCUT2D eigenvalue weighted by atomic mass is 10.1. The highest BCUT2D eigenvalue weighted by Crippen LogP contribution is 2.22. The Bertz CT molecular complexity index is 1120. The number of nitrogens with one attached hydrogen (secondary N) is 1. The molecule has 0 aromatic carbocycles. The molecule has 3 aromatic rings. The molecule has 0 saturated carbocycles. The fourth-order valence-electron chi connectivity index (χ4n) is 4.55. The van der Waals surface area contributed by atoms with Crippen LogP contribution in [0, 0.1) is 0 Å². The topological polar surface area (TPSA) is 93.8 Å². The summed E-state index contributed by atoms with van der Waals surface area (Å²) in [6, 6.07) is 6.15. The van der Waals surface area contributed by atoms with Gasteiger partial charge in [-0.2, -0.15) is 10.1 Å². The quantitative estimate of drug-likeness (QED) is 0.636. The van der Waals surface area contributed by atoms with Crippen molar-refractivity contribution >= 4 is 11.8 Å². The van der Waals surface area contributed by atoms with Crippen molar-refractivity contribution in [3.63, 3.8) is 0 Å². The number of hydrogen-bond donors (Lipinski definition) is 1. The summed E-state index contributed by atoms with van der Waals surface area (Å²) in [6.45, 7) is 5.30. The molecule has 0 aliphatic carbocycles. The first kappa shape index (κ1) is 20.7. The zero-order valence-corrected chi connectivity index (χ0v) is 18.6. The van der Waals surface area contributed by atoms with Crippen LogP contribution in [0.4, 0.5) is 11.8 Å². The van der Waals surface area contributed by atoms with Gasteiger partial charge >= 0.3 is 5.69 Å². The monoisotopic (exact) mass is 434 g/mol. The maximum Gasteiger partial charge on any atom is 0.346 e. The van der Waals surface area contributed by atoms with E-state index in [1.807, 2.05) is 16.7 Å². The third-order valence-corrected chi connectivity index (χ3v) is 6.34. The van der Waals surface area contributed by atoms with Crippen molar-refractivity contribution in [3.05, 3.63) is 58.2 Å². The van der Waals surface area contributed by atoms with Gasteiger partial charge in [-0.25, -0.2) is 14.5 Å². The van der Waals surface area contributed by atoms with Crippen LogP contribution in [-0.2, 0) is 25.9 Å². The van der Waals surface area contributed by atoms with Crippen LogP contribution in [0.15, 0.2) is 35.4 Å². The Kier molecular flexibility index (Phi) is 5.87. The van der Waals surface area contributed by atoms with Crippen LogP contribution < -0.4 is 15.9 Å². The second-order valence-electron chi connectivity index (χ2n) is 8.63. The molecule has 1 N–H and O–H groups in total. The van der Waals surface area contributed by atoms with Crippen molar-refractivity contribution in [1.29, 1.82) is 0 Å². The molecule has 0 bridgehead atoms. The summed E-state index contributed by atoms with van der Waals surface area (Å²) in [5, 5.41) is 8.24. The van der Waals surface area contributed by atoms with Crippen LogP contribution in [0.1, 0.15) is 49.7 Å². The highest BCUT2D eigenvalue weighted by Gasteiger charge is 2.22. The van der Waals surface area contributed by atoms with Gasteiger partial charge in [0.1, 0.15) is 11.6 Å². The standard InChI is InChI=1S/C23H30N8O/c1-2-18-14-20(27-22(26-18)29-11-3-4-12-29)25-19-7-8-21-28-31(23(32)30(21)13-9-19)16-17-6-5-10-24-15-17/h5-6,10,14-15,19H,2-4,7-9,11-13,16H2,1H3,(H,25,26,27). The molecule has 5 rings (SSSR count). The molecule has 9 heteroatoms. The van der Waals surface area contributed by atoms with E-state index in [1.54, 1.807) is 17.1 Å². The van der Waals surface area contributed by atoms with Gasteiger partial charge in [0.25, 0.3) is 0 Å². The second-order valence-corrected chi connectivity index (χ2v) is 8.63. The van der Waals surface area contributed by atoms with Crippen molar-refractivity contribution in [2.24, 2.45) is 0 Å². The molecule has 2 aliphatic heterocycles. The Hall–Kier alpha value is -3.23. The van der Waals surface area contributed by atoms with Crippen LogP contribution in [0.2, 0.25) is 0 Å². The van der Waals surface area contributed by atoms with Crippen LogP contribution in [-0.4, -0.2) is 48.4 Å². The Labute approximate surface area is 187 Å². The Balaban J connectivity index is 1.28. The van der Waals surface area contributed by atoms with Crippen molar-refractivity contribution in [2.75, 3.05) is 23.3 Å². The minimum Gasteiger partial charge on any atom is -0.367 e. The molecule has 2 aliphatic rings. The Morgan fingerprint density at radius 3 is 2.81 bits per heavy atom. The molecule has 1 unspecified atom stereocenters. The Morgan fingerprint density at radius 1 is 1.16 bits per heavy atom. The molecule has 0 radical (unpaired) electrons. The molecule has 9 nitrogen and oxygen atoms in total. The highest BCUT2D eigenvalue weighted by atomic mass is 16.2. The number of pyridine rings is 1. The predicted molar refractivity (Wildman–Crippen MR) is 123 cm³/mol. The molecular formula is C23H30N8O. The van der Waals surface area contributed by atoms with Gasteiger partial charge in [0.2, 0.25) is 5.95 Å². The summed E-state index contributed by atoms with van der Waals surface area (Å²) < 4.78 is 3.38. The van der Waals surface area contributed by atoms with Gasteiger partial charge in [0.05, 0.1) is 6.54 Å². The van der Waals surface area contributed by atoms with Crippen molar-refractivity contribution in [2.45, 2.75) is 64.6 Å². The van der Waals surface area contributed by atoms with Gasteiger partial charge < -0.3 is 10.2 Å². The van der Waals surface area contributed by atoms with E-state index >= 15 is 0 Å². The predicted octanol–water partition coefficient (Wildman–Crippen LogP) is 2.26. The largest absolute Gasteiger partial charge is 0.367 e. The van der Waals surface area contributed by atoms with Gasteiger partial charge in [-0.1, -0.05) is 13.0 Å². The average molecular weight is 435 g/mol. The Morgan fingerprint density at radius 2 is 2.03 bits per heavy atom. The molecule has 168 valence electrons. The molecule has 32 heavy (non-hydrogen) atoms. The normalized spacial score (nSPS) is 18.4. The van der Waals surface area contributed by atoms with Crippen LogP contribution in [0.5, 0.6) is 0 Å². The van der Waals surface area contributed by atoms with E-state index in [9.17, 15) is 4.79 Å². The maximum atomic E-state index is 12.9. The average Bonchev–Trinajstić information content (AvgIpc) is 3.40. The first-order valence-corrected chi connectivity index (χ1v) is 11.6. The fourth-order valence-corrected chi connectivity index (χ4v) is 4.55. The first-order chi connectivity index (χ1) is 15.7. The van der Waals surface area contributed by atoms with E-state index in [2.05, 4.69) is 33.3 Å². The van der Waals surface area contributed by atoms with E-state index in [0.717, 1.165) is 67.6 Å². The van der Waals surface area contributed by atoms with E-state index in [1.165, 1.54) is 12.8 Å². The molecule has 1 fully saturated rings. The zero-order valence-electron chi connectivity index (χ0n) is 18.6. The van der Waals surface area contributed by atoms with E-state index in [0.29, 0.717) is 13.1 Å². The third-order valence-electron chi connectivity index (χ3n) is 6.34. The number of aryl methyl sites for hydroxylation is 2. The number of anilines is 2. The molecular weight excluding hydrogens is 404 g/mol. The maximum absolute atomic E-state index is 12.9. The van der Waals surface area contributed by atoms with E-state index in [4.69, 9.17) is 9.97 Å². The number of nitrogens with zero attached hydrogens (tertiary/aromatic N) is 7. The zero-order chi connectivity index (χ0) is 21.9. The van der Waals surface area contributed by atoms with E-state index < -0.39 is 0 Å². The molecule has 3 aromatic heterocycles. The van der Waals surface area contributed by atoms with Gasteiger partial charge in [-0.15, -0.1) is 0 Å². The van der Waals surface area contributed by atoms with Gasteiger partial charge in [-0.05, 0) is 43.7 Å². The summed E-state index contributed by atoms with van der Waals surface area (Å²) in [7, 11) is 0. The SMILES string of the molecule is CCc1cc(NC2CCc3nn(Cc4cccnc4)c(=O)n3CC2)nc(N2CCCC2)n1. The summed E-state index contributed by atoms with van der Waals surface area (Å²) in [6.07, 6.45) is 9.33. The van der Waals surface area contributed by atoms with Crippen molar-refractivity contribution in [3.8, 4) is 0 Å². The first-order valence-electron chi connectivity index (χ1n) is 11.6. The van der Waals surface area contributed by atoms with Crippen LogP contribution in [0.25, 0.3) is 0 Å². The van der Waals surface area contributed by atoms with E-state index in [-0.39, 0.29) is 11.7 Å². The molecule has 5 heterocycles. The van der Waals surface area contributed by atoms with Gasteiger partial charge in [0.15, 0.2) is 0 Å². The molecule has 0 spiro atoms. The van der Waals surface area contributed by atoms with Crippen molar-refractivity contribution in [1.82, 2.24) is 29.3 Å². The van der Waals surface area contributed by atoms with Crippen LogP contribution in [0.3, 0.4) is 0 Å². The summed E-state index contributed by atoms with van der Waals surface area (Å²) in [5.41, 5.74) is 1.99. The fraction of sp³-hybridized carbons (Fsp3) is 0.522. The lowest BCUT2D eigenvalue weighted by Crippen LogP contribution is -2.28. The van der Waals surface area contributed by atoms with Crippen molar-refractivity contribution < 1.29 is 0 Å². The van der Waals surface area contributed by atoms with Gasteiger partial charge in [0, 0.05) is 56.3 Å². The summed E-state index contributed by atoms with van der Waals surface area (Å²) in [4.78, 5) is 28.9.